The molecule has 0 amide bonds. The van der Waals surface area contributed by atoms with Gasteiger partial charge in [0.15, 0.2) is 12.6 Å². The molecule has 1 aromatic rings. The van der Waals surface area contributed by atoms with Crippen LogP contribution in [0.3, 0.4) is 0 Å². The molecular formula is C14H18O5. The molecule has 0 aliphatic carbocycles. The topological polar surface area (TPSA) is 57.2 Å². The SMILES string of the molecule is CO[C@@H]1C[C@@H](O)[C@@H]2O[C@@H](c3ccccc3)OC[C@@H]2O1. The predicted molar refractivity (Wildman–Crippen MR) is 66.3 cm³/mol. The highest BCUT2D eigenvalue weighted by Gasteiger charge is 2.43. The molecule has 1 aromatic carbocycles. The Morgan fingerprint density at radius 2 is 2.00 bits per heavy atom. The van der Waals surface area contributed by atoms with Crippen molar-refractivity contribution in [1.82, 2.24) is 0 Å². The summed E-state index contributed by atoms with van der Waals surface area (Å²) in [6.07, 6.45) is -1.67. The number of methoxy groups -OCH3 is 1. The van der Waals surface area contributed by atoms with Crippen molar-refractivity contribution < 1.29 is 24.1 Å². The van der Waals surface area contributed by atoms with Crippen LogP contribution < -0.4 is 0 Å². The molecule has 104 valence electrons. The zero-order chi connectivity index (χ0) is 13.2. The summed E-state index contributed by atoms with van der Waals surface area (Å²) in [4.78, 5) is 0. The summed E-state index contributed by atoms with van der Waals surface area (Å²) in [5.41, 5.74) is 0.946. The van der Waals surface area contributed by atoms with E-state index in [-0.39, 0.29) is 12.2 Å². The summed E-state index contributed by atoms with van der Waals surface area (Å²) in [7, 11) is 1.56. The van der Waals surface area contributed by atoms with Gasteiger partial charge < -0.3 is 24.1 Å². The van der Waals surface area contributed by atoms with Crippen LogP contribution in [0, 0.1) is 0 Å². The summed E-state index contributed by atoms with van der Waals surface area (Å²) >= 11 is 0. The Hall–Kier alpha value is -0.980. The van der Waals surface area contributed by atoms with Gasteiger partial charge in [0.05, 0.1) is 12.7 Å². The fraction of sp³-hybridized carbons (Fsp3) is 0.571. The molecule has 0 spiro atoms. The Morgan fingerprint density at radius 1 is 1.21 bits per heavy atom. The number of benzene rings is 1. The van der Waals surface area contributed by atoms with Gasteiger partial charge in [-0.05, 0) is 0 Å². The predicted octanol–water partition coefficient (Wildman–Crippen LogP) is 1.22. The van der Waals surface area contributed by atoms with Crippen molar-refractivity contribution in [2.75, 3.05) is 13.7 Å². The van der Waals surface area contributed by atoms with E-state index in [4.69, 9.17) is 18.9 Å². The molecule has 0 radical (unpaired) electrons. The Balaban J connectivity index is 1.70. The molecule has 0 bridgehead atoms. The van der Waals surface area contributed by atoms with Gasteiger partial charge in [-0.2, -0.15) is 0 Å². The second-order valence-corrected chi connectivity index (χ2v) is 4.82. The normalized spacial score (nSPS) is 38.7. The van der Waals surface area contributed by atoms with Crippen LogP contribution in [0.4, 0.5) is 0 Å². The number of aliphatic hydroxyl groups excluding tert-OH is 1. The third-order valence-corrected chi connectivity index (χ3v) is 3.53. The number of rotatable bonds is 2. The third kappa shape index (κ3) is 2.66. The first-order chi connectivity index (χ1) is 9.28. The highest BCUT2D eigenvalue weighted by atomic mass is 16.7. The first-order valence-electron chi connectivity index (χ1n) is 6.46. The number of fused-ring (bicyclic) bond motifs is 1. The maximum Gasteiger partial charge on any atom is 0.184 e. The van der Waals surface area contributed by atoms with E-state index in [0.717, 1.165) is 5.56 Å². The monoisotopic (exact) mass is 266 g/mol. The Bertz CT molecular complexity index is 410. The van der Waals surface area contributed by atoms with Gasteiger partial charge in [-0.3, -0.25) is 0 Å². The van der Waals surface area contributed by atoms with Crippen LogP contribution in [0.15, 0.2) is 30.3 Å². The maximum absolute atomic E-state index is 10.1. The summed E-state index contributed by atoms with van der Waals surface area (Å²) in [6, 6.07) is 9.70. The third-order valence-electron chi connectivity index (χ3n) is 3.53. The zero-order valence-electron chi connectivity index (χ0n) is 10.8. The van der Waals surface area contributed by atoms with Gasteiger partial charge in [0.25, 0.3) is 0 Å². The van der Waals surface area contributed by atoms with E-state index >= 15 is 0 Å². The van der Waals surface area contributed by atoms with Crippen molar-refractivity contribution >= 4 is 0 Å². The highest BCUT2D eigenvalue weighted by Crippen LogP contribution is 2.33. The number of ether oxygens (including phenoxy) is 4. The lowest BCUT2D eigenvalue weighted by atomic mass is 10.0. The first-order valence-corrected chi connectivity index (χ1v) is 6.46. The summed E-state index contributed by atoms with van der Waals surface area (Å²) in [5, 5.41) is 10.1. The highest BCUT2D eigenvalue weighted by molar-refractivity contribution is 5.16. The maximum atomic E-state index is 10.1. The van der Waals surface area contributed by atoms with Crippen LogP contribution in [0.1, 0.15) is 18.3 Å². The van der Waals surface area contributed by atoms with E-state index in [1.54, 1.807) is 7.11 Å². The molecule has 2 fully saturated rings. The molecule has 2 aliphatic heterocycles. The lowest BCUT2D eigenvalue weighted by Crippen LogP contribution is -2.55. The smallest absolute Gasteiger partial charge is 0.184 e. The first kappa shape index (κ1) is 13.0. The molecule has 0 saturated carbocycles. The minimum Gasteiger partial charge on any atom is -0.390 e. The zero-order valence-corrected chi connectivity index (χ0v) is 10.8. The number of hydrogen-bond donors (Lipinski definition) is 1. The van der Waals surface area contributed by atoms with E-state index in [9.17, 15) is 5.11 Å². The van der Waals surface area contributed by atoms with Crippen LogP contribution in [-0.2, 0) is 18.9 Å². The molecule has 5 heteroatoms. The van der Waals surface area contributed by atoms with Crippen molar-refractivity contribution in [1.29, 1.82) is 0 Å². The Kier molecular flexibility index (Phi) is 3.81. The van der Waals surface area contributed by atoms with E-state index in [2.05, 4.69) is 0 Å². The standard InChI is InChI=1S/C14H18O5/c1-16-12-7-10(15)13-11(18-12)8-17-14(19-13)9-5-3-2-4-6-9/h2-6,10-15H,7-8H2,1H3/t10-,11+,12+,13+,14+/m1/s1. The van der Waals surface area contributed by atoms with E-state index < -0.39 is 18.7 Å². The fourth-order valence-electron chi connectivity index (χ4n) is 2.52. The molecule has 2 heterocycles. The molecule has 0 aromatic heterocycles. The van der Waals surface area contributed by atoms with Gasteiger partial charge in [-0.15, -0.1) is 0 Å². The second-order valence-electron chi connectivity index (χ2n) is 4.82. The Morgan fingerprint density at radius 3 is 2.74 bits per heavy atom. The van der Waals surface area contributed by atoms with Crippen LogP contribution >= 0.6 is 0 Å². The molecule has 2 saturated heterocycles. The molecule has 5 atom stereocenters. The van der Waals surface area contributed by atoms with Crippen LogP contribution in [0.5, 0.6) is 0 Å². The van der Waals surface area contributed by atoms with E-state index in [1.165, 1.54) is 0 Å². The fourth-order valence-corrected chi connectivity index (χ4v) is 2.52. The molecule has 2 aliphatic rings. The average Bonchev–Trinajstić information content (AvgIpc) is 2.47. The van der Waals surface area contributed by atoms with Crippen LogP contribution in [0.25, 0.3) is 0 Å². The molecule has 19 heavy (non-hydrogen) atoms. The quantitative estimate of drug-likeness (QED) is 0.872. The minimum absolute atomic E-state index is 0.284. The molecule has 0 unspecified atom stereocenters. The van der Waals surface area contributed by atoms with Crippen molar-refractivity contribution in [3.8, 4) is 0 Å². The number of aliphatic hydroxyl groups is 1. The lowest BCUT2D eigenvalue weighted by Gasteiger charge is -2.43. The Labute approximate surface area is 112 Å². The molecule has 1 N–H and O–H groups in total. The lowest BCUT2D eigenvalue weighted by molar-refractivity contribution is -0.334. The van der Waals surface area contributed by atoms with Crippen molar-refractivity contribution in [3.05, 3.63) is 35.9 Å². The summed E-state index contributed by atoms with van der Waals surface area (Å²) < 4.78 is 22.3. The van der Waals surface area contributed by atoms with Gasteiger partial charge in [-0.25, -0.2) is 0 Å². The van der Waals surface area contributed by atoms with Gasteiger partial charge in [0, 0.05) is 19.1 Å². The largest absolute Gasteiger partial charge is 0.390 e. The van der Waals surface area contributed by atoms with E-state index in [0.29, 0.717) is 13.0 Å². The van der Waals surface area contributed by atoms with Crippen LogP contribution in [-0.4, -0.2) is 43.4 Å². The second kappa shape index (κ2) is 5.56. The minimum atomic E-state index is -0.598. The van der Waals surface area contributed by atoms with Crippen molar-refractivity contribution in [3.63, 3.8) is 0 Å². The summed E-state index contributed by atoms with van der Waals surface area (Å²) in [5.74, 6) is 0. The van der Waals surface area contributed by atoms with E-state index in [1.807, 2.05) is 30.3 Å². The number of hydrogen-bond acceptors (Lipinski definition) is 5. The van der Waals surface area contributed by atoms with Gasteiger partial charge >= 0.3 is 0 Å². The summed E-state index contributed by atoms with van der Waals surface area (Å²) in [6.45, 7) is 0.390. The molecular weight excluding hydrogens is 248 g/mol. The van der Waals surface area contributed by atoms with Gasteiger partial charge in [0.1, 0.15) is 12.2 Å². The van der Waals surface area contributed by atoms with Crippen LogP contribution in [0.2, 0.25) is 0 Å². The average molecular weight is 266 g/mol. The van der Waals surface area contributed by atoms with Gasteiger partial charge in [-0.1, -0.05) is 30.3 Å². The molecule has 3 rings (SSSR count). The van der Waals surface area contributed by atoms with Crippen molar-refractivity contribution in [2.24, 2.45) is 0 Å². The van der Waals surface area contributed by atoms with Gasteiger partial charge in [0.2, 0.25) is 0 Å². The molecule has 5 nitrogen and oxygen atoms in total. The van der Waals surface area contributed by atoms with Crippen molar-refractivity contribution in [2.45, 2.75) is 37.3 Å².